The summed E-state index contributed by atoms with van der Waals surface area (Å²) in [7, 11) is 3.20. The zero-order valence-corrected chi connectivity index (χ0v) is 16.2. The van der Waals surface area contributed by atoms with E-state index in [0.717, 1.165) is 22.6 Å². The van der Waals surface area contributed by atoms with Crippen molar-refractivity contribution in [2.75, 3.05) is 19.5 Å². The van der Waals surface area contributed by atoms with Gasteiger partial charge in [0.25, 0.3) is 5.91 Å². The van der Waals surface area contributed by atoms with Crippen molar-refractivity contribution in [2.24, 2.45) is 0 Å². The van der Waals surface area contributed by atoms with Crippen molar-refractivity contribution >= 4 is 11.6 Å². The van der Waals surface area contributed by atoms with Crippen molar-refractivity contribution < 1.29 is 19.0 Å². The van der Waals surface area contributed by atoms with Crippen molar-refractivity contribution in [3.8, 4) is 17.2 Å². The first kappa shape index (κ1) is 19.3. The summed E-state index contributed by atoms with van der Waals surface area (Å²) in [5, 5.41) is 2.88. The van der Waals surface area contributed by atoms with E-state index in [1.54, 1.807) is 56.7 Å². The number of anilines is 1. The fourth-order valence-electron chi connectivity index (χ4n) is 2.78. The van der Waals surface area contributed by atoms with Gasteiger partial charge in [-0.1, -0.05) is 12.1 Å². The largest absolute Gasteiger partial charge is 0.497 e. The van der Waals surface area contributed by atoms with Gasteiger partial charge in [0, 0.05) is 16.8 Å². The summed E-state index contributed by atoms with van der Waals surface area (Å²) in [5.74, 6) is 1.98. The molecule has 144 valence electrons. The summed E-state index contributed by atoms with van der Waals surface area (Å²) in [6, 6.07) is 20.3. The molecule has 5 nitrogen and oxygen atoms in total. The first-order chi connectivity index (χ1) is 13.6. The summed E-state index contributed by atoms with van der Waals surface area (Å²) in [6.07, 6.45) is 0. The number of rotatable bonds is 7. The summed E-state index contributed by atoms with van der Waals surface area (Å²) < 4.78 is 16.4. The first-order valence-corrected chi connectivity index (χ1v) is 8.91. The Morgan fingerprint density at radius 1 is 0.893 bits per heavy atom. The van der Waals surface area contributed by atoms with Gasteiger partial charge in [-0.15, -0.1) is 0 Å². The van der Waals surface area contributed by atoms with Crippen LogP contribution in [0, 0.1) is 6.92 Å². The average molecular weight is 377 g/mol. The van der Waals surface area contributed by atoms with Crippen molar-refractivity contribution in [3.63, 3.8) is 0 Å². The molecular weight excluding hydrogens is 354 g/mol. The predicted molar refractivity (Wildman–Crippen MR) is 109 cm³/mol. The lowest BCUT2D eigenvalue weighted by Gasteiger charge is -2.13. The van der Waals surface area contributed by atoms with E-state index in [9.17, 15) is 4.79 Å². The second-order valence-corrected chi connectivity index (χ2v) is 6.31. The molecule has 0 aliphatic heterocycles. The molecule has 0 bridgehead atoms. The van der Waals surface area contributed by atoms with Gasteiger partial charge < -0.3 is 19.5 Å². The number of nitrogens with one attached hydrogen (secondary N) is 1. The minimum atomic E-state index is -0.204. The highest BCUT2D eigenvalue weighted by molar-refractivity contribution is 6.04. The summed E-state index contributed by atoms with van der Waals surface area (Å²) in [5.41, 5.74) is 3.14. The minimum absolute atomic E-state index is 0.204. The van der Waals surface area contributed by atoms with Gasteiger partial charge in [0.1, 0.15) is 23.9 Å². The molecule has 3 aromatic rings. The second kappa shape index (κ2) is 8.95. The zero-order chi connectivity index (χ0) is 19.9. The second-order valence-electron chi connectivity index (χ2n) is 6.31. The highest BCUT2D eigenvalue weighted by Gasteiger charge is 2.12. The van der Waals surface area contributed by atoms with E-state index in [1.807, 2.05) is 31.2 Å². The summed E-state index contributed by atoms with van der Waals surface area (Å²) >= 11 is 0. The molecule has 0 radical (unpaired) electrons. The molecule has 3 rings (SSSR count). The molecule has 28 heavy (non-hydrogen) atoms. The average Bonchev–Trinajstić information content (AvgIpc) is 2.72. The predicted octanol–water partition coefficient (Wildman–Crippen LogP) is 4.84. The molecule has 0 saturated heterocycles. The van der Waals surface area contributed by atoms with E-state index in [0.29, 0.717) is 23.6 Å². The Kier molecular flexibility index (Phi) is 6.17. The van der Waals surface area contributed by atoms with Crippen LogP contribution >= 0.6 is 0 Å². The molecule has 0 unspecified atom stereocenters. The minimum Gasteiger partial charge on any atom is -0.497 e. The van der Waals surface area contributed by atoms with Crippen LogP contribution in [-0.2, 0) is 6.61 Å². The van der Waals surface area contributed by atoms with Crippen LogP contribution in [-0.4, -0.2) is 20.1 Å². The van der Waals surface area contributed by atoms with Gasteiger partial charge in [0.2, 0.25) is 0 Å². The van der Waals surface area contributed by atoms with E-state index in [4.69, 9.17) is 14.2 Å². The van der Waals surface area contributed by atoms with Crippen molar-refractivity contribution in [2.45, 2.75) is 13.5 Å². The van der Waals surface area contributed by atoms with Gasteiger partial charge in [-0.05, 0) is 67.1 Å². The molecule has 5 heteroatoms. The molecule has 0 saturated carbocycles. The number of ether oxygens (including phenoxy) is 3. The number of hydrogen-bond acceptors (Lipinski definition) is 4. The number of benzene rings is 3. The van der Waals surface area contributed by atoms with E-state index < -0.39 is 0 Å². The lowest BCUT2D eigenvalue weighted by molar-refractivity contribution is 0.102. The van der Waals surface area contributed by atoms with Crippen LogP contribution in [0.4, 0.5) is 5.69 Å². The number of aryl methyl sites for hydroxylation is 1. The Labute approximate surface area is 164 Å². The molecule has 1 N–H and O–H groups in total. The highest BCUT2D eigenvalue weighted by Crippen LogP contribution is 2.24. The Morgan fingerprint density at radius 3 is 2.36 bits per heavy atom. The number of amides is 1. The third-order valence-corrected chi connectivity index (χ3v) is 4.27. The Hall–Kier alpha value is -3.47. The number of hydrogen-bond donors (Lipinski definition) is 1. The van der Waals surface area contributed by atoms with Crippen LogP contribution in [0.1, 0.15) is 21.5 Å². The molecule has 1 amide bonds. The first-order valence-electron chi connectivity index (χ1n) is 8.91. The summed E-state index contributed by atoms with van der Waals surface area (Å²) in [6.45, 7) is 2.31. The van der Waals surface area contributed by atoms with Crippen molar-refractivity contribution in [1.29, 1.82) is 0 Å². The van der Waals surface area contributed by atoms with Crippen LogP contribution in [0.15, 0.2) is 66.7 Å². The van der Waals surface area contributed by atoms with E-state index in [1.165, 1.54) is 0 Å². The number of methoxy groups -OCH3 is 2. The maximum absolute atomic E-state index is 12.6. The fraction of sp³-hybridized carbons (Fsp3) is 0.174. The molecule has 0 heterocycles. The molecule has 0 aliphatic rings. The van der Waals surface area contributed by atoms with Crippen LogP contribution in [0.5, 0.6) is 17.2 Å². The van der Waals surface area contributed by atoms with E-state index in [-0.39, 0.29) is 5.91 Å². The van der Waals surface area contributed by atoms with E-state index >= 15 is 0 Å². The van der Waals surface area contributed by atoms with Crippen molar-refractivity contribution in [3.05, 3.63) is 83.4 Å². The van der Waals surface area contributed by atoms with E-state index in [2.05, 4.69) is 5.32 Å². The lowest BCUT2D eigenvalue weighted by atomic mass is 10.1. The van der Waals surface area contributed by atoms with Crippen LogP contribution < -0.4 is 19.5 Å². The fourth-order valence-corrected chi connectivity index (χ4v) is 2.78. The Morgan fingerprint density at radius 2 is 1.68 bits per heavy atom. The van der Waals surface area contributed by atoms with Crippen molar-refractivity contribution in [1.82, 2.24) is 0 Å². The van der Waals surface area contributed by atoms with Gasteiger partial charge in [-0.2, -0.15) is 0 Å². The smallest absolute Gasteiger partial charge is 0.255 e. The highest BCUT2D eigenvalue weighted by atomic mass is 16.5. The van der Waals surface area contributed by atoms with Gasteiger partial charge in [-0.25, -0.2) is 0 Å². The van der Waals surface area contributed by atoms with Gasteiger partial charge in [0.05, 0.1) is 14.2 Å². The SMILES string of the molecule is COc1ccc(NC(=O)c2ccc(OC)c(COc3cccc(C)c3)c2)cc1. The van der Waals surface area contributed by atoms with Gasteiger partial charge in [-0.3, -0.25) is 4.79 Å². The van der Waals surface area contributed by atoms with Crippen LogP contribution in [0.25, 0.3) is 0 Å². The number of carbonyl (C=O) groups excluding carboxylic acids is 1. The molecule has 0 spiro atoms. The zero-order valence-electron chi connectivity index (χ0n) is 16.2. The quantitative estimate of drug-likeness (QED) is 0.640. The maximum Gasteiger partial charge on any atom is 0.255 e. The Balaban J connectivity index is 1.74. The third-order valence-electron chi connectivity index (χ3n) is 4.27. The van der Waals surface area contributed by atoms with Crippen LogP contribution in [0.2, 0.25) is 0 Å². The third kappa shape index (κ3) is 4.82. The monoisotopic (exact) mass is 377 g/mol. The van der Waals surface area contributed by atoms with Gasteiger partial charge >= 0.3 is 0 Å². The van der Waals surface area contributed by atoms with Crippen LogP contribution in [0.3, 0.4) is 0 Å². The van der Waals surface area contributed by atoms with Gasteiger partial charge in [0.15, 0.2) is 0 Å². The normalized spacial score (nSPS) is 10.2. The molecule has 0 aromatic heterocycles. The lowest BCUT2D eigenvalue weighted by Crippen LogP contribution is -2.12. The molecule has 0 fully saturated rings. The molecule has 0 atom stereocenters. The topological polar surface area (TPSA) is 56.8 Å². The standard InChI is InChI=1S/C23H23NO4/c1-16-5-4-6-21(13-16)28-15-18-14-17(7-12-22(18)27-3)23(25)24-19-8-10-20(26-2)11-9-19/h4-14H,15H2,1-3H3,(H,24,25). The summed E-state index contributed by atoms with van der Waals surface area (Å²) in [4.78, 5) is 12.6. The molecule has 0 aliphatic carbocycles. The number of carbonyl (C=O) groups is 1. The molecular formula is C23H23NO4. The molecule has 3 aromatic carbocycles. The maximum atomic E-state index is 12.6. The Bertz CT molecular complexity index is 951.